The predicted molar refractivity (Wildman–Crippen MR) is 115 cm³/mol. The molecule has 2 aliphatic heterocycles. The van der Waals surface area contributed by atoms with Gasteiger partial charge in [-0.25, -0.2) is 5.01 Å². The maximum atomic E-state index is 13.4. The van der Waals surface area contributed by atoms with Crippen LogP contribution in [-0.2, 0) is 11.2 Å². The van der Waals surface area contributed by atoms with Gasteiger partial charge < -0.3 is 10.0 Å². The van der Waals surface area contributed by atoms with Crippen LogP contribution >= 0.6 is 0 Å². The summed E-state index contributed by atoms with van der Waals surface area (Å²) in [6, 6.07) is 20.5. The molecule has 156 valence electrons. The van der Waals surface area contributed by atoms with E-state index >= 15 is 0 Å². The molecule has 2 aliphatic rings. The molecule has 8 nitrogen and oxygen atoms in total. The van der Waals surface area contributed by atoms with E-state index in [2.05, 4.69) is 16.4 Å². The van der Waals surface area contributed by atoms with Crippen molar-refractivity contribution >= 4 is 23.0 Å². The van der Waals surface area contributed by atoms with Crippen LogP contribution in [0.4, 0.5) is 17.1 Å². The minimum absolute atomic E-state index is 0.0141. The van der Waals surface area contributed by atoms with Gasteiger partial charge in [0.25, 0.3) is 11.6 Å². The van der Waals surface area contributed by atoms with Crippen molar-refractivity contribution in [1.29, 1.82) is 0 Å². The average Bonchev–Trinajstić information content (AvgIpc) is 3.07. The van der Waals surface area contributed by atoms with Crippen LogP contribution in [0.5, 0.6) is 5.75 Å². The molecule has 0 aromatic heterocycles. The van der Waals surface area contributed by atoms with Crippen LogP contribution in [0.15, 0.2) is 72.8 Å². The van der Waals surface area contributed by atoms with Crippen molar-refractivity contribution in [2.45, 2.75) is 25.0 Å². The fourth-order valence-corrected chi connectivity index (χ4v) is 4.39. The number of benzene rings is 3. The van der Waals surface area contributed by atoms with Gasteiger partial charge in [-0.2, -0.15) is 0 Å². The molecule has 2 atom stereocenters. The number of nitrogens with zero attached hydrogens (tertiary/aromatic N) is 3. The number of non-ortho nitro benzene ring substituents is 1. The molecular formula is C23H20N4O4. The van der Waals surface area contributed by atoms with Crippen LogP contribution in [0.1, 0.15) is 23.7 Å². The summed E-state index contributed by atoms with van der Waals surface area (Å²) in [5, 5.41) is 22.3. The van der Waals surface area contributed by atoms with Gasteiger partial charge in [0, 0.05) is 17.8 Å². The number of aromatic hydroxyl groups is 1. The summed E-state index contributed by atoms with van der Waals surface area (Å²) in [6.45, 7) is 0. The third-order valence-corrected chi connectivity index (χ3v) is 5.84. The number of aryl methyl sites for hydroxylation is 1. The average molecular weight is 416 g/mol. The SMILES string of the molecule is O=C1C2CCc3ccccc3N2C(c2ccc(O)cc2)N1Nc1ccc([N+](=O)[O-])cc1. The molecule has 5 rings (SSSR count). The van der Waals surface area contributed by atoms with E-state index in [1.807, 2.05) is 18.2 Å². The Labute approximate surface area is 178 Å². The molecule has 8 heteroatoms. The zero-order valence-corrected chi connectivity index (χ0v) is 16.5. The summed E-state index contributed by atoms with van der Waals surface area (Å²) in [5.41, 5.74) is 6.78. The number of amides is 1. The highest BCUT2D eigenvalue weighted by Crippen LogP contribution is 2.44. The quantitative estimate of drug-likeness (QED) is 0.493. The second kappa shape index (κ2) is 7.32. The van der Waals surface area contributed by atoms with Gasteiger partial charge in [0.1, 0.15) is 11.8 Å². The lowest BCUT2D eigenvalue weighted by Gasteiger charge is -2.37. The van der Waals surface area contributed by atoms with Gasteiger partial charge in [0.15, 0.2) is 6.17 Å². The smallest absolute Gasteiger partial charge is 0.269 e. The van der Waals surface area contributed by atoms with Gasteiger partial charge in [-0.1, -0.05) is 30.3 Å². The van der Waals surface area contributed by atoms with Crippen LogP contribution in [0.2, 0.25) is 0 Å². The van der Waals surface area contributed by atoms with Crippen molar-refractivity contribution in [2.75, 3.05) is 10.3 Å². The Morgan fingerprint density at radius 1 is 1.00 bits per heavy atom. The van der Waals surface area contributed by atoms with E-state index in [-0.39, 0.29) is 23.4 Å². The van der Waals surface area contributed by atoms with Crippen molar-refractivity contribution in [3.05, 3.63) is 94.0 Å². The molecule has 1 saturated heterocycles. The number of anilines is 2. The van der Waals surface area contributed by atoms with E-state index in [0.29, 0.717) is 12.1 Å². The Hall–Kier alpha value is -4.07. The largest absolute Gasteiger partial charge is 0.508 e. The number of rotatable bonds is 4. The van der Waals surface area contributed by atoms with Crippen LogP contribution < -0.4 is 10.3 Å². The minimum Gasteiger partial charge on any atom is -0.508 e. The number of nitrogens with one attached hydrogen (secondary N) is 1. The summed E-state index contributed by atoms with van der Waals surface area (Å²) in [7, 11) is 0. The molecule has 0 saturated carbocycles. The highest BCUT2D eigenvalue weighted by atomic mass is 16.6. The second-order valence-electron chi connectivity index (χ2n) is 7.68. The molecule has 0 bridgehead atoms. The summed E-state index contributed by atoms with van der Waals surface area (Å²) < 4.78 is 0. The Morgan fingerprint density at radius 3 is 2.42 bits per heavy atom. The molecule has 1 fully saturated rings. The third kappa shape index (κ3) is 3.22. The van der Waals surface area contributed by atoms with Gasteiger partial charge in [0.2, 0.25) is 0 Å². The maximum Gasteiger partial charge on any atom is 0.269 e. The number of phenolic OH excluding ortho intramolecular Hbond substituents is 1. The van der Waals surface area contributed by atoms with Crippen molar-refractivity contribution in [2.24, 2.45) is 0 Å². The van der Waals surface area contributed by atoms with Gasteiger partial charge >= 0.3 is 0 Å². The molecule has 3 aromatic carbocycles. The molecule has 0 spiro atoms. The maximum absolute atomic E-state index is 13.4. The zero-order valence-electron chi connectivity index (χ0n) is 16.5. The van der Waals surface area contributed by atoms with E-state index in [9.17, 15) is 20.0 Å². The van der Waals surface area contributed by atoms with Crippen molar-refractivity contribution in [3.8, 4) is 5.75 Å². The summed E-state index contributed by atoms with van der Waals surface area (Å²) >= 11 is 0. The number of hydrogen-bond acceptors (Lipinski definition) is 6. The van der Waals surface area contributed by atoms with E-state index in [0.717, 1.165) is 17.7 Å². The summed E-state index contributed by atoms with van der Waals surface area (Å²) in [4.78, 5) is 26.1. The molecule has 3 aromatic rings. The minimum atomic E-state index is -0.457. The first kappa shape index (κ1) is 18.9. The van der Waals surface area contributed by atoms with Crippen molar-refractivity contribution in [1.82, 2.24) is 5.01 Å². The molecule has 2 heterocycles. The van der Waals surface area contributed by atoms with E-state index in [4.69, 9.17) is 0 Å². The van der Waals surface area contributed by atoms with E-state index < -0.39 is 11.1 Å². The molecule has 2 N–H and O–H groups in total. The van der Waals surface area contributed by atoms with Crippen LogP contribution in [0.3, 0.4) is 0 Å². The molecule has 0 aliphatic carbocycles. The predicted octanol–water partition coefficient (Wildman–Crippen LogP) is 3.99. The first-order valence-corrected chi connectivity index (χ1v) is 10.0. The van der Waals surface area contributed by atoms with Crippen molar-refractivity contribution in [3.63, 3.8) is 0 Å². The van der Waals surface area contributed by atoms with Gasteiger partial charge in [-0.15, -0.1) is 0 Å². The van der Waals surface area contributed by atoms with E-state index in [1.54, 1.807) is 41.4 Å². The van der Waals surface area contributed by atoms with Crippen LogP contribution in [0, 0.1) is 10.1 Å². The number of hydrogen-bond donors (Lipinski definition) is 2. The van der Waals surface area contributed by atoms with E-state index in [1.165, 1.54) is 17.7 Å². The van der Waals surface area contributed by atoms with Gasteiger partial charge in [0.05, 0.1) is 10.6 Å². The number of nitro groups is 1. The number of carbonyl (C=O) groups excluding carboxylic acids is 1. The van der Waals surface area contributed by atoms with Crippen LogP contribution in [0.25, 0.3) is 0 Å². The van der Waals surface area contributed by atoms with Gasteiger partial charge in [-0.3, -0.25) is 20.3 Å². The number of phenols is 1. The Balaban J connectivity index is 1.57. The molecule has 31 heavy (non-hydrogen) atoms. The van der Waals surface area contributed by atoms with Crippen LogP contribution in [-0.4, -0.2) is 27.0 Å². The summed E-state index contributed by atoms with van der Waals surface area (Å²) in [6.07, 6.45) is 1.08. The lowest BCUT2D eigenvalue weighted by Crippen LogP contribution is -2.38. The lowest BCUT2D eigenvalue weighted by atomic mass is 9.96. The first-order valence-electron chi connectivity index (χ1n) is 10.0. The number of para-hydroxylation sites is 1. The first-order chi connectivity index (χ1) is 15.0. The number of nitro benzene ring substituents is 1. The molecule has 0 radical (unpaired) electrons. The van der Waals surface area contributed by atoms with Gasteiger partial charge in [-0.05, 0) is 54.3 Å². The summed E-state index contributed by atoms with van der Waals surface area (Å²) in [5.74, 6) is 0.0875. The Morgan fingerprint density at radius 2 is 1.71 bits per heavy atom. The molecule has 2 unspecified atom stereocenters. The highest BCUT2D eigenvalue weighted by Gasteiger charge is 2.49. The normalized spacial score (nSPS) is 19.7. The fourth-order valence-electron chi connectivity index (χ4n) is 4.39. The molecular weight excluding hydrogens is 396 g/mol. The highest BCUT2D eigenvalue weighted by molar-refractivity contribution is 5.92. The zero-order chi connectivity index (χ0) is 21.5. The topological polar surface area (TPSA) is 99.0 Å². The standard InChI is InChI=1S/C23H20N4O4/c28-19-12-5-16(6-13-19)22-25-20-4-2-1-3-15(20)7-14-21(25)23(29)26(22)24-17-8-10-18(11-9-17)27(30)31/h1-6,8-13,21-22,24,28H,7,14H2. The Bertz CT molecular complexity index is 1150. The third-order valence-electron chi connectivity index (χ3n) is 5.84. The number of hydrazine groups is 1. The second-order valence-corrected chi connectivity index (χ2v) is 7.68. The monoisotopic (exact) mass is 416 g/mol. The lowest BCUT2D eigenvalue weighted by molar-refractivity contribution is -0.384. The number of fused-ring (bicyclic) bond motifs is 3. The van der Waals surface area contributed by atoms with Crippen molar-refractivity contribution < 1.29 is 14.8 Å². The molecule has 1 amide bonds. The fraction of sp³-hybridized carbons (Fsp3) is 0.174. The number of carbonyl (C=O) groups is 1. The Kier molecular flexibility index (Phi) is 4.47.